The molecule has 0 saturated heterocycles. The van der Waals surface area contributed by atoms with Gasteiger partial charge in [-0.05, 0) is 39.7 Å². The van der Waals surface area contributed by atoms with E-state index in [0.29, 0.717) is 12.5 Å². The molecule has 16 heavy (non-hydrogen) atoms. The van der Waals surface area contributed by atoms with Gasteiger partial charge in [-0.2, -0.15) is 5.10 Å². The monoisotopic (exact) mass is 224 g/mol. The van der Waals surface area contributed by atoms with E-state index in [4.69, 9.17) is 0 Å². The van der Waals surface area contributed by atoms with Gasteiger partial charge in [0.15, 0.2) is 0 Å². The highest BCUT2D eigenvalue weighted by Gasteiger charge is 2.44. The van der Waals surface area contributed by atoms with Crippen LogP contribution in [0.5, 0.6) is 0 Å². The number of rotatable bonds is 5. The minimum Gasteiger partial charge on any atom is -0.394 e. The van der Waals surface area contributed by atoms with E-state index in [0.717, 1.165) is 11.6 Å². The summed E-state index contributed by atoms with van der Waals surface area (Å²) < 4.78 is 1.89. The molecule has 1 aliphatic rings. The number of nitrogens with one attached hydrogen (secondary N) is 1. The fourth-order valence-corrected chi connectivity index (χ4v) is 2.28. The van der Waals surface area contributed by atoms with Crippen LogP contribution in [-0.2, 0) is 6.54 Å². The first-order valence-electron chi connectivity index (χ1n) is 5.79. The largest absolute Gasteiger partial charge is 0.394 e. The predicted molar refractivity (Wildman–Crippen MR) is 61.1 cm³/mol. The van der Waals surface area contributed by atoms with E-state index in [1.165, 1.54) is 12.8 Å². The second kappa shape index (κ2) is 4.14. The summed E-state index contributed by atoms with van der Waals surface area (Å²) in [4.78, 5) is 4.29. The molecule has 0 aliphatic heterocycles. The van der Waals surface area contributed by atoms with Crippen LogP contribution in [0, 0.1) is 19.8 Å². The summed E-state index contributed by atoms with van der Waals surface area (Å²) in [6.45, 7) is 4.68. The quantitative estimate of drug-likeness (QED) is 0.753. The Balaban J connectivity index is 2.19. The van der Waals surface area contributed by atoms with Crippen LogP contribution < -0.4 is 5.32 Å². The zero-order valence-corrected chi connectivity index (χ0v) is 10.2. The Hall–Kier alpha value is -0.940. The first-order valence-corrected chi connectivity index (χ1v) is 5.79. The molecule has 1 unspecified atom stereocenters. The van der Waals surface area contributed by atoms with E-state index in [-0.39, 0.29) is 12.1 Å². The zero-order valence-electron chi connectivity index (χ0n) is 10.2. The van der Waals surface area contributed by atoms with Gasteiger partial charge in [0, 0.05) is 0 Å². The molecule has 5 nitrogen and oxygen atoms in total. The summed E-state index contributed by atoms with van der Waals surface area (Å²) in [6, 6.07) is 0. The van der Waals surface area contributed by atoms with Crippen molar-refractivity contribution in [1.29, 1.82) is 0 Å². The Morgan fingerprint density at radius 3 is 2.56 bits per heavy atom. The number of hydrogen-bond donors (Lipinski definition) is 2. The van der Waals surface area contributed by atoms with Crippen LogP contribution in [0.1, 0.15) is 24.5 Å². The number of likely N-dealkylation sites (N-methyl/N-ethyl adjacent to an activating group) is 1. The summed E-state index contributed by atoms with van der Waals surface area (Å²) in [5.41, 5.74) is -0.231. The molecular weight excluding hydrogens is 204 g/mol. The normalized spacial score (nSPS) is 19.8. The lowest BCUT2D eigenvalue weighted by molar-refractivity contribution is 0.125. The highest BCUT2D eigenvalue weighted by atomic mass is 16.3. The van der Waals surface area contributed by atoms with Crippen molar-refractivity contribution < 1.29 is 5.11 Å². The fourth-order valence-electron chi connectivity index (χ4n) is 2.28. The van der Waals surface area contributed by atoms with Gasteiger partial charge in [-0.3, -0.25) is 0 Å². The van der Waals surface area contributed by atoms with Crippen molar-refractivity contribution in [3.63, 3.8) is 0 Å². The van der Waals surface area contributed by atoms with Crippen molar-refractivity contribution in [2.24, 2.45) is 5.92 Å². The lowest BCUT2D eigenvalue weighted by atomic mass is 9.94. The molecule has 1 aliphatic carbocycles. The average molecular weight is 224 g/mol. The zero-order chi connectivity index (χ0) is 11.8. The molecule has 0 bridgehead atoms. The summed E-state index contributed by atoms with van der Waals surface area (Å²) >= 11 is 0. The molecule has 0 spiro atoms. The standard InChI is InChI=1S/C11H20N4O/c1-8-13-9(2)15(14-8)6-11(7-16,12-3)10-4-5-10/h10,12,16H,4-7H2,1-3H3. The Bertz CT molecular complexity index is 366. The van der Waals surface area contributed by atoms with E-state index < -0.39 is 0 Å². The van der Waals surface area contributed by atoms with Gasteiger partial charge in [-0.25, -0.2) is 9.67 Å². The van der Waals surface area contributed by atoms with E-state index in [9.17, 15) is 5.11 Å². The highest BCUT2D eigenvalue weighted by molar-refractivity contribution is 5.01. The molecule has 1 atom stereocenters. The Labute approximate surface area is 95.9 Å². The molecule has 0 aromatic carbocycles. The maximum Gasteiger partial charge on any atom is 0.147 e. The second-order valence-electron chi connectivity index (χ2n) is 4.70. The lowest BCUT2D eigenvalue weighted by Gasteiger charge is -2.31. The van der Waals surface area contributed by atoms with Crippen LogP contribution in [0.25, 0.3) is 0 Å². The Morgan fingerprint density at radius 1 is 1.50 bits per heavy atom. The molecule has 1 fully saturated rings. The van der Waals surface area contributed by atoms with Gasteiger partial charge >= 0.3 is 0 Å². The third-order valence-corrected chi connectivity index (χ3v) is 3.53. The van der Waals surface area contributed by atoms with Crippen molar-refractivity contribution >= 4 is 0 Å². The number of aromatic nitrogens is 3. The molecule has 90 valence electrons. The van der Waals surface area contributed by atoms with Gasteiger partial charge in [0.25, 0.3) is 0 Å². The Morgan fingerprint density at radius 2 is 2.19 bits per heavy atom. The smallest absolute Gasteiger partial charge is 0.147 e. The fraction of sp³-hybridized carbons (Fsp3) is 0.818. The van der Waals surface area contributed by atoms with Crippen molar-refractivity contribution in [2.75, 3.05) is 13.7 Å². The molecule has 2 rings (SSSR count). The van der Waals surface area contributed by atoms with Crippen LogP contribution >= 0.6 is 0 Å². The molecule has 1 aromatic heterocycles. The first kappa shape index (κ1) is 11.5. The lowest BCUT2D eigenvalue weighted by Crippen LogP contribution is -2.52. The summed E-state index contributed by atoms with van der Waals surface area (Å²) in [6.07, 6.45) is 2.38. The average Bonchev–Trinajstić information content (AvgIpc) is 3.04. The molecule has 1 saturated carbocycles. The van der Waals surface area contributed by atoms with Crippen LogP contribution in [0.15, 0.2) is 0 Å². The molecule has 2 N–H and O–H groups in total. The van der Waals surface area contributed by atoms with E-state index in [1.807, 2.05) is 25.6 Å². The summed E-state index contributed by atoms with van der Waals surface area (Å²) in [5.74, 6) is 2.26. The molecule has 0 amide bonds. The van der Waals surface area contributed by atoms with Gasteiger partial charge < -0.3 is 10.4 Å². The minimum atomic E-state index is -0.231. The van der Waals surface area contributed by atoms with E-state index in [2.05, 4.69) is 15.4 Å². The van der Waals surface area contributed by atoms with Gasteiger partial charge in [-0.15, -0.1) is 0 Å². The van der Waals surface area contributed by atoms with Crippen molar-refractivity contribution in [1.82, 2.24) is 20.1 Å². The van der Waals surface area contributed by atoms with Crippen LogP contribution in [0.3, 0.4) is 0 Å². The Kier molecular flexibility index (Phi) is 2.99. The van der Waals surface area contributed by atoms with E-state index in [1.54, 1.807) is 0 Å². The number of aliphatic hydroxyl groups is 1. The van der Waals surface area contributed by atoms with Gasteiger partial charge in [0.05, 0.1) is 18.7 Å². The molecule has 1 aromatic rings. The number of aliphatic hydroxyl groups excluding tert-OH is 1. The SMILES string of the molecule is CNC(CO)(Cn1nc(C)nc1C)C1CC1. The first-order chi connectivity index (χ1) is 7.61. The summed E-state index contributed by atoms with van der Waals surface area (Å²) in [5, 5.41) is 17.3. The van der Waals surface area contributed by atoms with Crippen LogP contribution in [0.4, 0.5) is 0 Å². The third-order valence-electron chi connectivity index (χ3n) is 3.53. The topological polar surface area (TPSA) is 63.0 Å². The van der Waals surface area contributed by atoms with Crippen LogP contribution in [0.2, 0.25) is 0 Å². The van der Waals surface area contributed by atoms with Crippen molar-refractivity contribution in [2.45, 2.75) is 38.8 Å². The molecule has 5 heteroatoms. The molecule has 1 heterocycles. The van der Waals surface area contributed by atoms with Crippen molar-refractivity contribution in [3.05, 3.63) is 11.6 Å². The van der Waals surface area contributed by atoms with Gasteiger partial charge in [0.1, 0.15) is 11.6 Å². The van der Waals surface area contributed by atoms with Gasteiger partial charge in [0.2, 0.25) is 0 Å². The van der Waals surface area contributed by atoms with Gasteiger partial charge in [-0.1, -0.05) is 0 Å². The summed E-state index contributed by atoms with van der Waals surface area (Å²) in [7, 11) is 1.91. The maximum atomic E-state index is 9.62. The van der Waals surface area contributed by atoms with Crippen LogP contribution in [-0.4, -0.2) is 39.1 Å². The molecule has 0 radical (unpaired) electrons. The maximum absolute atomic E-state index is 9.62. The number of nitrogens with zero attached hydrogens (tertiary/aromatic N) is 3. The number of aryl methyl sites for hydroxylation is 2. The second-order valence-corrected chi connectivity index (χ2v) is 4.70. The third kappa shape index (κ3) is 1.97. The van der Waals surface area contributed by atoms with E-state index >= 15 is 0 Å². The minimum absolute atomic E-state index is 0.145. The highest BCUT2D eigenvalue weighted by Crippen LogP contribution is 2.40. The predicted octanol–water partition coefficient (Wildman–Crippen LogP) is 0.255. The molecular formula is C11H20N4O. The van der Waals surface area contributed by atoms with Crippen molar-refractivity contribution in [3.8, 4) is 0 Å². The number of hydrogen-bond acceptors (Lipinski definition) is 4.